The summed E-state index contributed by atoms with van der Waals surface area (Å²) in [5, 5.41) is 9.86. The van der Waals surface area contributed by atoms with E-state index in [0.717, 1.165) is 17.3 Å². The van der Waals surface area contributed by atoms with E-state index in [1.165, 1.54) is 0 Å². The van der Waals surface area contributed by atoms with Crippen molar-refractivity contribution in [1.29, 1.82) is 0 Å². The molecular formula is C8H10N2OS2. The zero-order valence-electron chi connectivity index (χ0n) is 6.95. The zero-order chi connectivity index (χ0) is 9.10. The fourth-order valence-corrected chi connectivity index (χ4v) is 2.66. The molecule has 0 radical (unpaired) electrons. The molecular weight excluding hydrogens is 204 g/mol. The van der Waals surface area contributed by atoms with Gasteiger partial charge in [0, 0.05) is 17.0 Å². The maximum absolute atomic E-state index is 11.5. The molecule has 13 heavy (non-hydrogen) atoms. The molecule has 0 aromatic carbocycles. The first kappa shape index (κ1) is 9.05. The number of carbonyl (C=O) groups excluding carboxylic acids is 1. The molecule has 3 nitrogen and oxygen atoms in total. The summed E-state index contributed by atoms with van der Waals surface area (Å²) in [6.07, 6.45) is 0. The Morgan fingerprint density at radius 3 is 3.23 bits per heavy atom. The van der Waals surface area contributed by atoms with Crippen molar-refractivity contribution in [3.63, 3.8) is 0 Å². The van der Waals surface area contributed by atoms with Crippen molar-refractivity contribution >= 4 is 34.7 Å². The number of thioether (sulfide) groups is 1. The summed E-state index contributed by atoms with van der Waals surface area (Å²) >= 11 is 3.34. The van der Waals surface area contributed by atoms with Crippen molar-refractivity contribution in [1.82, 2.24) is 5.32 Å². The van der Waals surface area contributed by atoms with Crippen molar-refractivity contribution in [2.24, 2.45) is 0 Å². The molecule has 1 aromatic heterocycles. The molecule has 1 aliphatic heterocycles. The molecule has 0 bridgehead atoms. The first-order valence-electron chi connectivity index (χ1n) is 4.00. The van der Waals surface area contributed by atoms with Crippen LogP contribution in [0.3, 0.4) is 0 Å². The van der Waals surface area contributed by atoms with Crippen LogP contribution in [-0.4, -0.2) is 23.6 Å². The molecule has 2 heterocycles. The molecule has 0 aliphatic carbocycles. The third kappa shape index (κ3) is 2.24. The van der Waals surface area contributed by atoms with Gasteiger partial charge in [-0.1, -0.05) is 0 Å². The maximum atomic E-state index is 11.5. The summed E-state index contributed by atoms with van der Waals surface area (Å²) in [5.41, 5.74) is 0.897. The molecule has 0 saturated carbocycles. The molecule has 1 fully saturated rings. The van der Waals surface area contributed by atoms with Crippen LogP contribution in [-0.2, 0) is 4.79 Å². The fourth-order valence-electron chi connectivity index (χ4n) is 1.13. The Bertz CT molecular complexity index is 280. The van der Waals surface area contributed by atoms with Gasteiger partial charge in [0.15, 0.2) is 0 Å². The van der Waals surface area contributed by atoms with E-state index in [1.54, 1.807) is 23.1 Å². The van der Waals surface area contributed by atoms with E-state index in [2.05, 4.69) is 10.6 Å². The summed E-state index contributed by atoms with van der Waals surface area (Å²) < 4.78 is 0. The van der Waals surface area contributed by atoms with Crippen LogP contribution >= 0.6 is 23.1 Å². The quantitative estimate of drug-likeness (QED) is 0.781. The van der Waals surface area contributed by atoms with E-state index < -0.39 is 0 Å². The van der Waals surface area contributed by atoms with Crippen molar-refractivity contribution in [3.05, 3.63) is 16.8 Å². The Kier molecular flexibility index (Phi) is 2.87. The fraction of sp³-hybridized carbons (Fsp3) is 0.375. The van der Waals surface area contributed by atoms with E-state index in [-0.39, 0.29) is 11.9 Å². The number of amides is 1. The van der Waals surface area contributed by atoms with Crippen LogP contribution < -0.4 is 10.6 Å². The van der Waals surface area contributed by atoms with Gasteiger partial charge in [0.2, 0.25) is 5.91 Å². The molecule has 70 valence electrons. The predicted molar refractivity (Wildman–Crippen MR) is 57.2 cm³/mol. The first-order valence-corrected chi connectivity index (χ1v) is 6.10. The molecule has 5 heteroatoms. The van der Waals surface area contributed by atoms with Crippen LogP contribution in [0.25, 0.3) is 0 Å². The Balaban J connectivity index is 1.91. The van der Waals surface area contributed by atoms with Crippen LogP contribution in [0, 0.1) is 0 Å². The van der Waals surface area contributed by atoms with Crippen molar-refractivity contribution < 1.29 is 4.79 Å². The van der Waals surface area contributed by atoms with Crippen molar-refractivity contribution in [2.45, 2.75) is 6.04 Å². The third-order valence-electron chi connectivity index (χ3n) is 1.82. The summed E-state index contributed by atoms with van der Waals surface area (Å²) in [5.74, 6) is 1.82. The number of anilines is 1. The molecule has 1 unspecified atom stereocenters. The SMILES string of the molecule is O=C(Nc1ccsc1)C1CSCN1. The standard InChI is InChI=1S/C8H10N2OS2/c11-8(7-4-13-5-9-7)10-6-1-2-12-3-6/h1-3,7,9H,4-5H2,(H,10,11). The van der Waals surface area contributed by atoms with Crippen LogP contribution in [0.15, 0.2) is 16.8 Å². The van der Waals surface area contributed by atoms with E-state index in [9.17, 15) is 4.79 Å². The Morgan fingerprint density at radius 2 is 2.62 bits per heavy atom. The lowest BCUT2D eigenvalue weighted by atomic mass is 10.3. The summed E-state index contributed by atoms with van der Waals surface area (Å²) in [6.45, 7) is 0. The molecule has 0 spiro atoms. The molecule has 2 rings (SSSR count). The normalized spacial score (nSPS) is 21.7. The second-order valence-electron chi connectivity index (χ2n) is 2.77. The van der Waals surface area contributed by atoms with Gasteiger partial charge in [-0.25, -0.2) is 0 Å². The molecule has 1 atom stereocenters. The number of rotatable bonds is 2. The Hall–Kier alpha value is -0.520. The van der Waals surface area contributed by atoms with Gasteiger partial charge < -0.3 is 5.32 Å². The summed E-state index contributed by atoms with van der Waals surface area (Å²) in [4.78, 5) is 11.5. The van der Waals surface area contributed by atoms with Gasteiger partial charge in [0.25, 0.3) is 0 Å². The lowest BCUT2D eigenvalue weighted by Gasteiger charge is -2.08. The second kappa shape index (κ2) is 4.13. The number of nitrogens with one attached hydrogen (secondary N) is 2. The minimum Gasteiger partial charge on any atom is -0.324 e. The number of hydrogen-bond donors (Lipinski definition) is 2. The third-order valence-corrected chi connectivity index (χ3v) is 3.44. The predicted octanol–water partition coefficient (Wildman–Crippen LogP) is 1.35. The summed E-state index contributed by atoms with van der Waals surface area (Å²) in [7, 11) is 0. The van der Waals surface area contributed by atoms with Gasteiger partial charge in [-0.15, -0.1) is 11.8 Å². The number of hydrogen-bond acceptors (Lipinski definition) is 4. The molecule has 1 saturated heterocycles. The van der Waals surface area contributed by atoms with E-state index in [0.29, 0.717) is 0 Å². The van der Waals surface area contributed by atoms with Gasteiger partial charge in [-0.3, -0.25) is 10.1 Å². The van der Waals surface area contributed by atoms with Crippen LogP contribution in [0.5, 0.6) is 0 Å². The Labute approximate surface area is 84.9 Å². The monoisotopic (exact) mass is 214 g/mol. The van der Waals surface area contributed by atoms with Crippen LogP contribution in [0.2, 0.25) is 0 Å². The lowest BCUT2D eigenvalue weighted by Crippen LogP contribution is -2.37. The van der Waals surface area contributed by atoms with E-state index in [1.807, 2.05) is 16.8 Å². The summed E-state index contributed by atoms with van der Waals surface area (Å²) in [6, 6.07) is 1.88. The largest absolute Gasteiger partial charge is 0.324 e. The average molecular weight is 214 g/mol. The van der Waals surface area contributed by atoms with Crippen LogP contribution in [0.1, 0.15) is 0 Å². The smallest absolute Gasteiger partial charge is 0.242 e. The second-order valence-corrected chi connectivity index (χ2v) is 4.58. The first-order chi connectivity index (χ1) is 6.36. The van der Waals surface area contributed by atoms with Gasteiger partial charge in [-0.2, -0.15) is 11.3 Å². The molecule has 2 N–H and O–H groups in total. The molecule has 1 amide bonds. The number of thiophene rings is 1. The highest BCUT2D eigenvalue weighted by Crippen LogP contribution is 2.14. The van der Waals surface area contributed by atoms with Crippen LogP contribution in [0.4, 0.5) is 5.69 Å². The topological polar surface area (TPSA) is 41.1 Å². The highest BCUT2D eigenvalue weighted by molar-refractivity contribution is 7.99. The van der Waals surface area contributed by atoms with Crippen molar-refractivity contribution in [3.8, 4) is 0 Å². The molecule has 1 aliphatic rings. The van der Waals surface area contributed by atoms with Crippen molar-refractivity contribution in [2.75, 3.05) is 16.9 Å². The van der Waals surface area contributed by atoms with Gasteiger partial charge in [-0.05, 0) is 11.4 Å². The lowest BCUT2D eigenvalue weighted by molar-refractivity contribution is -0.117. The highest BCUT2D eigenvalue weighted by atomic mass is 32.2. The van der Waals surface area contributed by atoms with E-state index >= 15 is 0 Å². The minimum atomic E-state index is -0.0232. The number of carbonyl (C=O) groups is 1. The van der Waals surface area contributed by atoms with Gasteiger partial charge in [0.1, 0.15) is 0 Å². The van der Waals surface area contributed by atoms with Gasteiger partial charge in [0.05, 0.1) is 11.7 Å². The minimum absolute atomic E-state index is 0.0232. The Morgan fingerprint density at radius 1 is 1.69 bits per heavy atom. The van der Waals surface area contributed by atoms with Gasteiger partial charge >= 0.3 is 0 Å². The zero-order valence-corrected chi connectivity index (χ0v) is 8.58. The maximum Gasteiger partial charge on any atom is 0.242 e. The molecule has 1 aromatic rings. The average Bonchev–Trinajstić information content (AvgIpc) is 2.74. The highest BCUT2D eigenvalue weighted by Gasteiger charge is 2.22. The van der Waals surface area contributed by atoms with E-state index in [4.69, 9.17) is 0 Å².